The number of nitrogens with two attached hydrogens (primary N) is 1. The zero-order chi connectivity index (χ0) is 21.0. The molecule has 0 bridgehead atoms. The molecule has 0 saturated carbocycles. The number of halogens is 1. The van der Waals surface area contributed by atoms with Gasteiger partial charge in [-0.05, 0) is 21.0 Å². The highest BCUT2D eigenvalue weighted by atomic mass is 35.5. The molecule has 0 heterocycles. The Hall–Kier alpha value is -2.17. The van der Waals surface area contributed by atoms with Crippen LogP contribution in [-0.2, 0) is 9.96 Å². The molecule has 0 aromatic heterocycles. The summed E-state index contributed by atoms with van der Waals surface area (Å²) in [6, 6.07) is 31.3. The number of benzene rings is 3. The van der Waals surface area contributed by atoms with Crippen molar-refractivity contribution in [2.24, 2.45) is 5.73 Å². The monoisotopic (exact) mass is 437 g/mol. The zero-order valence-corrected chi connectivity index (χ0v) is 19.9. The van der Waals surface area contributed by atoms with E-state index >= 15 is 0 Å². The smallest absolute Gasteiger partial charge is 0.261 e. The molecule has 0 aliphatic carbocycles. The van der Waals surface area contributed by atoms with Crippen LogP contribution in [0.5, 0.6) is 0 Å². The van der Waals surface area contributed by atoms with E-state index in [2.05, 4.69) is 88.0 Å². The molecule has 3 aromatic carbocycles. The summed E-state index contributed by atoms with van der Waals surface area (Å²) in [5.41, 5.74) is 7.06. The fraction of sp³-hybridized carbons (Fsp3) is 0.231. The highest BCUT2D eigenvalue weighted by molar-refractivity contribution is 6.99. The van der Waals surface area contributed by atoms with Crippen molar-refractivity contribution < 1.29 is 4.43 Å². The van der Waals surface area contributed by atoms with Crippen LogP contribution in [0, 0.1) is 0 Å². The third kappa shape index (κ3) is 4.60. The standard InChI is InChI=1S/C26H31NOSi.ClH/c1-5-26(27,22-15-9-6-10-16-22)21-28-29(25(2,3)4,23-17-11-7-12-18-23)24-19-13-8-14-20-24;/h5-20H,1,21,27H2,2-4H3;1H/t26-;/m1./s1. The van der Waals surface area contributed by atoms with Crippen molar-refractivity contribution in [2.45, 2.75) is 31.3 Å². The predicted octanol–water partition coefficient (Wildman–Crippen LogP) is 5.03. The molecule has 2 N–H and O–H groups in total. The molecule has 0 unspecified atom stereocenters. The Morgan fingerprint density at radius 2 is 1.20 bits per heavy atom. The van der Waals surface area contributed by atoms with E-state index in [1.165, 1.54) is 10.4 Å². The Bertz CT molecular complexity index is 886. The van der Waals surface area contributed by atoms with Gasteiger partial charge in [-0.25, -0.2) is 0 Å². The number of hydrogen-bond acceptors (Lipinski definition) is 2. The Labute approximate surface area is 188 Å². The normalized spacial score (nSPS) is 13.7. The van der Waals surface area contributed by atoms with E-state index in [9.17, 15) is 0 Å². The summed E-state index contributed by atoms with van der Waals surface area (Å²) in [4.78, 5) is 0. The van der Waals surface area contributed by atoms with Crippen molar-refractivity contribution in [3.63, 3.8) is 0 Å². The second kappa shape index (κ2) is 9.76. The van der Waals surface area contributed by atoms with E-state index in [4.69, 9.17) is 10.2 Å². The molecule has 0 fully saturated rings. The van der Waals surface area contributed by atoms with Crippen LogP contribution in [0.2, 0.25) is 5.04 Å². The summed E-state index contributed by atoms with van der Waals surface area (Å²) < 4.78 is 7.02. The minimum atomic E-state index is -2.64. The van der Waals surface area contributed by atoms with Gasteiger partial charge in [-0.2, -0.15) is 0 Å². The molecule has 2 nitrogen and oxygen atoms in total. The molecule has 0 aliphatic heterocycles. The summed E-state index contributed by atoms with van der Waals surface area (Å²) in [6.07, 6.45) is 1.81. The van der Waals surface area contributed by atoms with Crippen LogP contribution in [-0.4, -0.2) is 14.9 Å². The third-order valence-corrected chi connectivity index (χ3v) is 10.6. The Morgan fingerprint density at radius 1 is 0.800 bits per heavy atom. The first-order valence-electron chi connectivity index (χ1n) is 10.1. The maximum atomic E-state index is 7.02. The van der Waals surface area contributed by atoms with E-state index in [0.29, 0.717) is 6.61 Å². The van der Waals surface area contributed by atoms with Gasteiger partial charge in [0.05, 0.1) is 12.1 Å². The van der Waals surface area contributed by atoms with Crippen LogP contribution < -0.4 is 16.1 Å². The van der Waals surface area contributed by atoms with Gasteiger partial charge in [0.2, 0.25) is 0 Å². The average Bonchev–Trinajstić information content (AvgIpc) is 2.75. The van der Waals surface area contributed by atoms with Gasteiger partial charge in [-0.3, -0.25) is 0 Å². The summed E-state index contributed by atoms with van der Waals surface area (Å²) in [7, 11) is -2.64. The van der Waals surface area contributed by atoms with Gasteiger partial charge >= 0.3 is 0 Å². The van der Waals surface area contributed by atoms with Crippen molar-refractivity contribution in [3.05, 3.63) is 109 Å². The molecular formula is C26H32ClNOSi. The molecule has 3 aromatic rings. The summed E-state index contributed by atoms with van der Waals surface area (Å²) >= 11 is 0. The van der Waals surface area contributed by atoms with E-state index in [-0.39, 0.29) is 17.4 Å². The SMILES string of the molecule is C=C[C@@](N)(CO[Si](c1ccccc1)(c1ccccc1)C(C)(C)C)c1ccccc1.Cl. The van der Waals surface area contributed by atoms with Crippen LogP contribution in [0.4, 0.5) is 0 Å². The second-order valence-corrected chi connectivity index (χ2v) is 12.9. The summed E-state index contributed by atoms with van der Waals surface area (Å²) in [5.74, 6) is 0. The molecule has 3 rings (SSSR count). The van der Waals surface area contributed by atoms with Crippen LogP contribution in [0.3, 0.4) is 0 Å². The van der Waals surface area contributed by atoms with E-state index in [0.717, 1.165) is 5.56 Å². The molecule has 0 amide bonds. The zero-order valence-electron chi connectivity index (χ0n) is 18.0. The quantitative estimate of drug-likeness (QED) is 0.415. The maximum Gasteiger partial charge on any atom is 0.261 e. The van der Waals surface area contributed by atoms with Crippen LogP contribution >= 0.6 is 12.4 Å². The molecule has 158 valence electrons. The van der Waals surface area contributed by atoms with E-state index in [1.807, 2.05) is 30.3 Å². The molecule has 0 spiro atoms. The molecule has 0 saturated heterocycles. The van der Waals surface area contributed by atoms with Crippen molar-refractivity contribution in [1.29, 1.82) is 0 Å². The summed E-state index contributed by atoms with van der Waals surface area (Å²) in [6.45, 7) is 11.2. The Morgan fingerprint density at radius 3 is 1.57 bits per heavy atom. The van der Waals surface area contributed by atoms with Crippen LogP contribution in [0.15, 0.2) is 104 Å². The van der Waals surface area contributed by atoms with Gasteiger partial charge in [0.15, 0.2) is 0 Å². The largest absolute Gasteiger partial charge is 0.405 e. The Balaban J connectivity index is 0.00000320. The number of hydrogen-bond donors (Lipinski definition) is 1. The lowest BCUT2D eigenvalue weighted by Gasteiger charge is -2.44. The van der Waals surface area contributed by atoms with Crippen molar-refractivity contribution >= 4 is 31.1 Å². The van der Waals surface area contributed by atoms with Crippen molar-refractivity contribution in [1.82, 2.24) is 0 Å². The minimum absolute atomic E-state index is 0. The maximum absolute atomic E-state index is 7.02. The van der Waals surface area contributed by atoms with Crippen LogP contribution in [0.25, 0.3) is 0 Å². The van der Waals surface area contributed by atoms with E-state index < -0.39 is 13.9 Å². The van der Waals surface area contributed by atoms with Gasteiger partial charge in [-0.15, -0.1) is 19.0 Å². The lowest BCUT2D eigenvalue weighted by atomic mass is 9.92. The second-order valence-electron chi connectivity index (χ2n) is 8.56. The fourth-order valence-electron chi connectivity index (χ4n) is 4.00. The Kier molecular flexibility index (Phi) is 7.84. The first-order chi connectivity index (χ1) is 13.8. The van der Waals surface area contributed by atoms with Gasteiger partial charge in [0, 0.05) is 0 Å². The topological polar surface area (TPSA) is 35.2 Å². The third-order valence-electron chi connectivity index (χ3n) is 5.62. The average molecular weight is 438 g/mol. The highest BCUT2D eigenvalue weighted by Crippen LogP contribution is 2.37. The predicted molar refractivity (Wildman–Crippen MR) is 133 cm³/mol. The first-order valence-corrected chi connectivity index (χ1v) is 12.0. The molecule has 0 aliphatic rings. The molecule has 30 heavy (non-hydrogen) atoms. The highest BCUT2D eigenvalue weighted by Gasteiger charge is 2.51. The number of rotatable bonds is 7. The van der Waals surface area contributed by atoms with Crippen molar-refractivity contribution in [3.8, 4) is 0 Å². The fourth-order valence-corrected chi connectivity index (χ4v) is 8.61. The van der Waals surface area contributed by atoms with Gasteiger partial charge in [-0.1, -0.05) is 118 Å². The molecule has 0 radical (unpaired) electrons. The van der Waals surface area contributed by atoms with Gasteiger partial charge < -0.3 is 10.2 Å². The lowest BCUT2D eigenvalue weighted by molar-refractivity contribution is 0.237. The minimum Gasteiger partial charge on any atom is -0.405 e. The van der Waals surface area contributed by atoms with Gasteiger partial charge in [0.25, 0.3) is 8.32 Å². The van der Waals surface area contributed by atoms with Crippen LogP contribution in [0.1, 0.15) is 26.3 Å². The first kappa shape index (κ1) is 24.1. The lowest BCUT2D eigenvalue weighted by Crippen LogP contribution is -2.67. The molecule has 4 heteroatoms. The van der Waals surface area contributed by atoms with E-state index in [1.54, 1.807) is 6.08 Å². The molecule has 1 atom stereocenters. The van der Waals surface area contributed by atoms with Gasteiger partial charge in [0.1, 0.15) is 0 Å². The summed E-state index contributed by atoms with van der Waals surface area (Å²) in [5, 5.41) is 2.41. The molecular weight excluding hydrogens is 406 g/mol. The van der Waals surface area contributed by atoms with Crippen molar-refractivity contribution in [2.75, 3.05) is 6.61 Å².